The van der Waals surface area contributed by atoms with Gasteiger partial charge in [-0.15, -0.1) is 0 Å². The third-order valence-electron chi connectivity index (χ3n) is 6.48. The first-order chi connectivity index (χ1) is 20.0. The molecule has 2 aromatic heterocycles. The van der Waals surface area contributed by atoms with Gasteiger partial charge < -0.3 is 29.6 Å². The highest BCUT2D eigenvalue weighted by Crippen LogP contribution is 2.34. The average molecular weight is 557 g/mol. The van der Waals surface area contributed by atoms with E-state index in [1.54, 1.807) is 43.6 Å². The lowest BCUT2D eigenvalue weighted by atomic mass is 10.1. The molecule has 2 N–H and O–H groups in total. The molecule has 0 bridgehead atoms. The Kier molecular flexibility index (Phi) is 6.94. The molecule has 3 heterocycles. The summed E-state index contributed by atoms with van der Waals surface area (Å²) in [5.74, 6) is 0.928. The standard InChI is InChI=1S/C29H25FN6O5/c1-38-25-11-17(28(37)39-2)3-4-19(25)16-36-23-12-20(6-5-18(23)14-32-36)34-29-31-15-22(30)27(35-29)33-21-7-8-24-26(13-21)41-10-9-40-24/h3-8,11-15H,9-10,16H2,1-2H3,(H2,31,33,34,35). The van der Waals surface area contributed by atoms with Crippen molar-refractivity contribution >= 4 is 40.0 Å². The molecule has 208 valence electrons. The second kappa shape index (κ2) is 11.0. The van der Waals surface area contributed by atoms with Crippen LogP contribution in [0.3, 0.4) is 0 Å². The molecule has 12 heteroatoms. The van der Waals surface area contributed by atoms with Gasteiger partial charge in [-0.25, -0.2) is 14.2 Å². The molecule has 1 aliphatic heterocycles. The first kappa shape index (κ1) is 25.9. The van der Waals surface area contributed by atoms with Crippen LogP contribution in [0.1, 0.15) is 15.9 Å². The lowest BCUT2D eigenvalue weighted by Crippen LogP contribution is -2.15. The number of methoxy groups -OCH3 is 2. The van der Waals surface area contributed by atoms with Gasteiger partial charge in [0.05, 0.1) is 44.2 Å². The van der Waals surface area contributed by atoms with Gasteiger partial charge >= 0.3 is 5.97 Å². The second-order valence-electron chi connectivity index (χ2n) is 9.09. The highest BCUT2D eigenvalue weighted by atomic mass is 19.1. The van der Waals surface area contributed by atoms with Gasteiger partial charge in [0.2, 0.25) is 5.95 Å². The normalized spacial score (nSPS) is 12.2. The zero-order valence-electron chi connectivity index (χ0n) is 22.2. The Hall–Kier alpha value is -5.39. The molecule has 0 unspecified atom stereocenters. The first-order valence-electron chi connectivity index (χ1n) is 12.7. The Balaban J connectivity index is 1.23. The quantitative estimate of drug-likeness (QED) is 0.251. The fourth-order valence-corrected chi connectivity index (χ4v) is 4.46. The number of halogens is 1. The summed E-state index contributed by atoms with van der Waals surface area (Å²) in [7, 11) is 2.88. The van der Waals surface area contributed by atoms with Crippen LogP contribution in [0, 0.1) is 5.82 Å². The maximum Gasteiger partial charge on any atom is 0.337 e. The molecule has 0 amide bonds. The highest BCUT2D eigenvalue weighted by Gasteiger charge is 2.15. The van der Waals surface area contributed by atoms with Crippen LogP contribution in [-0.2, 0) is 11.3 Å². The Bertz CT molecular complexity index is 1760. The van der Waals surface area contributed by atoms with Crippen LogP contribution in [0.5, 0.6) is 17.2 Å². The minimum absolute atomic E-state index is 0.00722. The molecule has 0 spiro atoms. The third kappa shape index (κ3) is 5.39. The Labute approximate surface area is 233 Å². The number of anilines is 4. The molecule has 41 heavy (non-hydrogen) atoms. The van der Waals surface area contributed by atoms with Gasteiger partial charge in [0, 0.05) is 28.4 Å². The molecule has 0 saturated carbocycles. The number of benzene rings is 3. The zero-order chi connectivity index (χ0) is 28.3. The number of carbonyl (C=O) groups excluding carboxylic acids is 1. The third-order valence-corrected chi connectivity index (χ3v) is 6.48. The molecule has 5 aromatic rings. The highest BCUT2D eigenvalue weighted by molar-refractivity contribution is 5.90. The van der Waals surface area contributed by atoms with Gasteiger partial charge in [0.1, 0.15) is 19.0 Å². The van der Waals surface area contributed by atoms with Crippen LogP contribution < -0.4 is 24.8 Å². The number of esters is 1. The lowest BCUT2D eigenvalue weighted by molar-refractivity contribution is 0.0600. The first-order valence-corrected chi connectivity index (χ1v) is 12.7. The molecule has 0 fully saturated rings. The monoisotopic (exact) mass is 556 g/mol. The number of rotatable bonds is 8. The van der Waals surface area contributed by atoms with E-state index in [4.69, 9.17) is 18.9 Å². The van der Waals surface area contributed by atoms with Crippen molar-refractivity contribution in [2.24, 2.45) is 0 Å². The summed E-state index contributed by atoms with van der Waals surface area (Å²) in [6, 6.07) is 16.1. The largest absolute Gasteiger partial charge is 0.496 e. The maximum absolute atomic E-state index is 14.6. The van der Waals surface area contributed by atoms with E-state index in [1.165, 1.54) is 7.11 Å². The van der Waals surface area contributed by atoms with E-state index < -0.39 is 11.8 Å². The van der Waals surface area contributed by atoms with Gasteiger partial charge in [-0.3, -0.25) is 4.68 Å². The zero-order valence-corrected chi connectivity index (χ0v) is 22.2. The van der Waals surface area contributed by atoms with Crippen molar-refractivity contribution in [1.29, 1.82) is 0 Å². The van der Waals surface area contributed by atoms with E-state index in [9.17, 15) is 9.18 Å². The van der Waals surface area contributed by atoms with Crippen molar-refractivity contribution < 1.29 is 28.1 Å². The number of ether oxygens (including phenoxy) is 4. The van der Waals surface area contributed by atoms with Crippen LogP contribution in [0.2, 0.25) is 0 Å². The van der Waals surface area contributed by atoms with Crippen LogP contribution in [0.4, 0.5) is 27.5 Å². The minimum Gasteiger partial charge on any atom is -0.496 e. The van der Waals surface area contributed by atoms with E-state index in [1.807, 2.05) is 28.9 Å². The lowest BCUT2D eigenvalue weighted by Gasteiger charge is -2.19. The number of hydrogen-bond donors (Lipinski definition) is 2. The van der Waals surface area contributed by atoms with Gasteiger partial charge in [0.25, 0.3) is 0 Å². The summed E-state index contributed by atoms with van der Waals surface area (Å²) >= 11 is 0. The summed E-state index contributed by atoms with van der Waals surface area (Å²) < 4.78 is 37.9. The average Bonchev–Trinajstić information content (AvgIpc) is 3.40. The molecular weight excluding hydrogens is 531 g/mol. The fourth-order valence-electron chi connectivity index (χ4n) is 4.46. The van der Waals surface area contributed by atoms with Crippen LogP contribution in [0.25, 0.3) is 10.9 Å². The number of nitrogens with one attached hydrogen (secondary N) is 2. The number of carbonyl (C=O) groups is 1. The van der Waals surface area contributed by atoms with E-state index in [0.717, 1.165) is 22.7 Å². The van der Waals surface area contributed by atoms with Gasteiger partial charge in [0.15, 0.2) is 23.1 Å². The van der Waals surface area contributed by atoms with Crippen LogP contribution in [-0.4, -0.2) is 53.2 Å². The predicted octanol–water partition coefficient (Wildman–Crippen LogP) is 5.07. The van der Waals surface area contributed by atoms with Crippen LogP contribution in [0.15, 0.2) is 67.0 Å². The van der Waals surface area contributed by atoms with Gasteiger partial charge in [-0.05, 0) is 42.5 Å². The van der Waals surface area contributed by atoms with Crippen molar-refractivity contribution in [3.63, 3.8) is 0 Å². The molecule has 0 saturated heterocycles. The van der Waals surface area contributed by atoms with E-state index in [0.29, 0.717) is 53.9 Å². The summed E-state index contributed by atoms with van der Waals surface area (Å²) in [5, 5.41) is 11.6. The number of fused-ring (bicyclic) bond motifs is 2. The number of nitrogens with zero attached hydrogens (tertiary/aromatic N) is 4. The molecule has 0 aliphatic carbocycles. The Morgan fingerprint density at radius 2 is 1.78 bits per heavy atom. The molecule has 0 atom stereocenters. The molecule has 3 aromatic carbocycles. The topological polar surface area (TPSA) is 122 Å². The molecule has 11 nitrogen and oxygen atoms in total. The molecular formula is C29H25FN6O5. The number of aromatic nitrogens is 4. The maximum atomic E-state index is 14.6. The van der Waals surface area contributed by atoms with Gasteiger partial charge in [-0.1, -0.05) is 6.07 Å². The van der Waals surface area contributed by atoms with E-state index in [-0.39, 0.29) is 11.8 Å². The summed E-state index contributed by atoms with van der Waals surface area (Å²) in [5.41, 5.74) is 3.35. The summed E-state index contributed by atoms with van der Waals surface area (Å²) in [6.45, 7) is 1.33. The van der Waals surface area contributed by atoms with Crippen molar-refractivity contribution in [2.75, 3.05) is 38.1 Å². The smallest absolute Gasteiger partial charge is 0.337 e. The van der Waals surface area contributed by atoms with Gasteiger partial charge in [-0.2, -0.15) is 10.1 Å². The number of hydrogen-bond acceptors (Lipinski definition) is 10. The summed E-state index contributed by atoms with van der Waals surface area (Å²) in [4.78, 5) is 20.3. The Morgan fingerprint density at radius 3 is 2.61 bits per heavy atom. The van der Waals surface area contributed by atoms with Crippen molar-refractivity contribution in [3.05, 3.63) is 83.9 Å². The molecule has 6 rings (SSSR count). The summed E-state index contributed by atoms with van der Waals surface area (Å²) in [6.07, 6.45) is 2.86. The van der Waals surface area contributed by atoms with E-state index >= 15 is 0 Å². The SMILES string of the molecule is COC(=O)c1ccc(Cn2ncc3ccc(Nc4ncc(F)c(Nc5ccc6c(c5)OCCO6)n4)cc32)c(OC)c1. The molecule has 0 radical (unpaired) electrons. The van der Waals surface area contributed by atoms with E-state index in [2.05, 4.69) is 25.7 Å². The van der Waals surface area contributed by atoms with Crippen LogP contribution >= 0.6 is 0 Å². The van der Waals surface area contributed by atoms with Crippen molar-refractivity contribution in [1.82, 2.24) is 19.7 Å². The van der Waals surface area contributed by atoms with Crippen molar-refractivity contribution in [3.8, 4) is 17.2 Å². The Morgan fingerprint density at radius 1 is 0.976 bits per heavy atom. The van der Waals surface area contributed by atoms with Crippen molar-refractivity contribution in [2.45, 2.75) is 6.54 Å². The fraction of sp³-hybridized carbons (Fsp3) is 0.172. The second-order valence-corrected chi connectivity index (χ2v) is 9.09. The minimum atomic E-state index is -0.605. The predicted molar refractivity (Wildman–Crippen MR) is 149 cm³/mol. The molecule has 1 aliphatic rings.